The summed E-state index contributed by atoms with van der Waals surface area (Å²) in [6, 6.07) is 0. The number of nitrogen functional groups attached to an aromatic ring is 1. The Morgan fingerprint density at radius 1 is 0.741 bits per heavy atom. The SMILES string of the molecule is CCCCCCCCCCCCCCCCn1cnc2ncnc(N)c21.Cl. The van der Waals surface area contributed by atoms with Crippen LogP contribution >= 0.6 is 12.4 Å². The van der Waals surface area contributed by atoms with Gasteiger partial charge in [0.25, 0.3) is 0 Å². The van der Waals surface area contributed by atoms with Crippen LogP contribution in [0.2, 0.25) is 0 Å². The van der Waals surface area contributed by atoms with Gasteiger partial charge in [0.1, 0.15) is 11.8 Å². The summed E-state index contributed by atoms with van der Waals surface area (Å²) < 4.78 is 2.09. The van der Waals surface area contributed by atoms with Gasteiger partial charge in [-0.25, -0.2) is 15.0 Å². The lowest BCUT2D eigenvalue weighted by Crippen LogP contribution is -2.01. The average molecular weight is 396 g/mol. The summed E-state index contributed by atoms with van der Waals surface area (Å²) >= 11 is 0. The number of rotatable bonds is 15. The summed E-state index contributed by atoms with van der Waals surface area (Å²) in [7, 11) is 0. The van der Waals surface area contributed by atoms with Crippen LogP contribution < -0.4 is 5.73 Å². The first-order chi connectivity index (χ1) is 12.8. The van der Waals surface area contributed by atoms with Gasteiger partial charge in [0.15, 0.2) is 11.5 Å². The maximum absolute atomic E-state index is 5.94. The predicted molar refractivity (Wildman–Crippen MR) is 117 cm³/mol. The standard InChI is InChI=1S/C21H37N5.ClH/c1-2-3-4-5-6-7-8-9-10-11-12-13-14-15-16-26-18-25-21-19(26)20(22)23-17-24-21;/h17-18H,2-16H2,1H3,(H2,22,23,24);1H. The fourth-order valence-corrected chi connectivity index (χ4v) is 3.58. The van der Waals surface area contributed by atoms with Gasteiger partial charge in [0.2, 0.25) is 0 Å². The second-order valence-electron chi connectivity index (χ2n) is 7.47. The summed E-state index contributed by atoms with van der Waals surface area (Å²) in [6.07, 6.45) is 22.6. The first-order valence-electron chi connectivity index (χ1n) is 10.7. The normalized spacial score (nSPS) is 11.0. The van der Waals surface area contributed by atoms with E-state index in [-0.39, 0.29) is 12.4 Å². The Kier molecular flexibility index (Phi) is 12.9. The van der Waals surface area contributed by atoms with Crippen molar-refractivity contribution in [2.75, 3.05) is 5.73 Å². The number of aryl methyl sites for hydroxylation is 1. The fourth-order valence-electron chi connectivity index (χ4n) is 3.58. The summed E-state index contributed by atoms with van der Waals surface area (Å²) in [5, 5.41) is 0. The van der Waals surface area contributed by atoms with Gasteiger partial charge in [-0.3, -0.25) is 0 Å². The molecule has 2 aromatic heterocycles. The molecule has 2 aromatic rings. The zero-order valence-corrected chi connectivity index (χ0v) is 17.9. The highest BCUT2D eigenvalue weighted by atomic mass is 35.5. The van der Waals surface area contributed by atoms with Crippen molar-refractivity contribution >= 4 is 29.4 Å². The maximum atomic E-state index is 5.94. The largest absolute Gasteiger partial charge is 0.382 e. The van der Waals surface area contributed by atoms with Crippen molar-refractivity contribution in [1.29, 1.82) is 0 Å². The molecule has 0 saturated carbocycles. The van der Waals surface area contributed by atoms with Crippen LogP contribution in [0.15, 0.2) is 12.7 Å². The molecule has 0 atom stereocenters. The molecule has 0 saturated heterocycles. The Morgan fingerprint density at radius 3 is 1.81 bits per heavy atom. The Hall–Kier alpha value is -1.36. The molecule has 2 heterocycles. The van der Waals surface area contributed by atoms with E-state index >= 15 is 0 Å². The number of halogens is 1. The fraction of sp³-hybridized carbons (Fsp3) is 0.762. The Bertz CT molecular complexity index is 614. The summed E-state index contributed by atoms with van der Waals surface area (Å²) in [5.41, 5.74) is 7.51. The number of hydrogen-bond donors (Lipinski definition) is 1. The second-order valence-corrected chi connectivity index (χ2v) is 7.47. The highest BCUT2D eigenvalue weighted by molar-refractivity contribution is 5.85. The number of anilines is 1. The molecule has 6 heteroatoms. The monoisotopic (exact) mass is 395 g/mol. The molecule has 0 amide bonds. The van der Waals surface area contributed by atoms with Crippen LogP contribution in [0.5, 0.6) is 0 Å². The number of nitrogens with two attached hydrogens (primary N) is 1. The van der Waals surface area contributed by atoms with Gasteiger partial charge in [0.05, 0.1) is 6.33 Å². The number of aromatic nitrogens is 4. The number of fused-ring (bicyclic) bond motifs is 1. The van der Waals surface area contributed by atoms with Crippen molar-refractivity contribution in [1.82, 2.24) is 19.5 Å². The molecule has 0 aromatic carbocycles. The second kappa shape index (κ2) is 14.7. The molecule has 5 nitrogen and oxygen atoms in total. The lowest BCUT2D eigenvalue weighted by atomic mass is 10.0. The zero-order chi connectivity index (χ0) is 18.5. The van der Waals surface area contributed by atoms with Crippen LogP contribution in [-0.2, 0) is 6.54 Å². The van der Waals surface area contributed by atoms with Crippen LogP contribution in [-0.4, -0.2) is 19.5 Å². The van der Waals surface area contributed by atoms with E-state index in [0.717, 1.165) is 18.5 Å². The van der Waals surface area contributed by atoms with Crippen molar-refractivity contribution < 1.29 is 0 Å². The van der Waals surface area contributed by atoms with Crippen molar-refractivity contribution in [3.05, 3.63) is 12.7 Å². The van der Waals surface area contributed by atoms with E-state index in [1.807, 2.05) is 6.33 Å². The topological polar surface area (TPSA) is 69.6 Å². The molecule has 0 unspecified atom stereocenters. The van der Waals surface area contributed by atoms with E-state index < -0.39 is 0 Å². The van der Waals surface area contributed by atoms with E-state index in [4.69, 9.17) is 5.73 Å². The molecule has 0 bridgehead atoms. The lowest BCUT2D eigenvalue weighted by Gasteiger charge is -2.06. The third-order valence-electron chi connectivity index (χ3n) is 5.19. The van der Waals surface area contributed by atoms with Crippen molar-refractivity contribution in [2.24, 2.45) is 0 Å². The van der Waals surface area contributed by atoms with Crippen molar-refractivity contribution in [3.63, 3.8) is 0 Å². The van der Waals surface area contributed by atoms with Gasteiger partial charge in [-0.2, -0.15) is 0 Å². The van der Waals surface area contributed by atoms with Gasteiger partial charge in [-0.05, 0) is 6.42 Å². The molecule has 2 rings (SSSR count). The van der Waals surface area contributed by atoms with Gasteiger partial charge >= 0.3 is 0 Å². The zero-order valence-electron chi connectivity index (χ0n) is 17.0. The molecule has 0 radical (unpaired) electrons. The minimum atomic E-state index is 0. The smallest absolute Gasteiger partial charge is 0.182 e. The number of unbranched alkanes of at least 4 members (excludes halogenated alkanes) is 13. The maximum Gasteiger partial charge on any atom is 0.182 e. The van der Waals surface area contributed by atoms with Crippen LogP contribution in [0, 0.1) is 0 Å². The van der Waals surface area contributed by atoms with E-state index in [1.165, 1.54) is 89.8 Å². The molecule has 0 spiro atoms. The first-order valence-corrected chi connectivity index (χ1v) is 10.7. The highest BCUT2D eigenvalue weighted by Gasteiger charge is 2.07. The molecular weight excluding hydrogens is 358 g/mol. The minimum absolute atomic E-state index is 0. The van der Waals surface area contributed by atoms with Crippen LogP contribution in [0.25, 0.3) is 11.2 Å². The van der Waals surface area contributed by atoms with Crippen molar-refractivity contribution in [3.8, 4) is 0 Å². The van der Waals surface area contributed by atoms with E-state index in [0.29, 0.717) is 11.5 Å². The van der Waals surface area contributed by atoms with E-state index in [1.54, 1.807) is 0 Å². The van der Waals surface area contributed by atoms with E-state index in [9.17, 15) is 0 Å². The molecule has 0 aliphatic heterocycles. The molecular formula is C21H38ClN5. The molecule has 0 fully saturated rings. The number of imidazole rings is 1. The van der Waals surface area contributed by atoms with Gasteiger partial charge < -0.3 is 10.3 Å². The summed E-state index contributed by atoms with van der Waals surface area (Å²) in [4.78, 5) is 12.5. The molecule has 27 heavy (non-hydrogen) atoms. The Morgan fingerprint density at radius 2 is 1.26 bits per heavy atom. The highest BCUT2D eigenvalue weighted by Crippen LogP contribution is 2.17. The average Bonchev–Trinajstić information content (AvgIpc) is 3.06. The first kappa shape index (κ1) is 23.7. The molecule has 2 N–H and O–H groups in total. The van der Waals surface area contributed by atoms with E-state index in [2.05, 4.69) is 26.4 Å². The lowest BCUT2D eigenvalue weighted by molar-refractivity contribution is 0.526. The summed E-state index contributed by atoms with van der Waals surface area (Å²) in [5.74, 6) is 0.526. The summed E-state index contributed by atoms with van der Waals surface area (Å²) in [6.45, 7) is 3.23. The van der Waals surface area contributed by atoms with Gasteiger partial charge in [0, 0.05) is 6.54 Å². The molecule has 154 valence electrons. The van der Waals surface area contributed by atoms with Gasteiger partial charge in [-0.15, -0.1) is 12.4 Å². The van der Waals surface area contributed by atoms with Crippen LogP contribution in [0.3, 0.4) is 0 Å². The molecule has 0 aliphatic carbocycles. The Labute approximate surface area is 171 Å². The third kappa shape index (κ3) is 8.91. The van der Waals surface area contributed by atoms with Crippen molar-refractivity contribution in [2.45, 2.75) is 103 Å². The number of nitrogens with zero attached hydrogens (tertiary/aromatic N) is 4. The quantitative estimate of drug-likeness (QED) is 0.358. The molecule has 0 aliphatic rings. The van der Waals surface area contributed by atoms with Gasteiger partial charge in [-0.1, -0.05) is 90.4 Å². The third-order valence-corrected chi connectivity index (χ3v) is 5.19. The van der Waals surface area contributed by atoms with Crippen LogP contribution in [0.1, 0.15) is 96.8 Å². The predicted octanol–water partition coefficient (Wildman–Crippen LogP) is 6.31. The Balaban J connectivity index is 0.00000364. The minimum Gasteiger partial charge on any atom is -0.382 e. The van der Waals surface area contributed by atoms with Crippen LogP contribution in [0.4, 0.5) is 5.82 Å². The number of hydrogen-bond acceptors (Lipinski definition) is 4.